The summed E-state index contributed by atoms with van der Waals surface area (Å²) in [6.07, 6.45) is 7.48. The van der Waals surface area contributed by atoms with Gasteiger partial charge in [0, 0.05) is 19.4 Å². The van der Waals surface area contributed by atoms with E-state index in [0.717, 1.165) is 37.7 Å². The lowest BCUT2D eigenvalue weighted by atomic mass is 9.81. The fraction of sp³-hybridized carbons (Fsp3) is 0.730. The van der Waals surface area contributed by atoms with Crippen LogP contribution in [0.25, 0.3) is 0 Å². The second kappa shape index (κ2) is 20.3. The summed E-state index contributed by atoms with van der Waals surface area (Å²) >= 11 is 0. The van der Waals surface area contributed by atoms with Crippen LogP contribution in [0.15, 0.2) is 30.3 Å². The summed E-state index contributed by atoms with van der Waals surface area (Å²) in [6, 6.07) is 6.95. The van der Waals surface area contributed by atoms with Crippen molar-refractivity contribution in [2.75, 3.05) is 7.05 Å². The van der Waals surface area contributed by atoms with Gasteiger partial charge in [-0.2, -0.15) is 0 Å². The number of carbonyl (C=O) groups excluding carboxylic acids is 4. The van der Waals surface area contributed by atoms with Crippen LogP contribution in [-0.4, -0.2) is 65.8 Å². The molecule has 1 aromatic rings. The first-order valence-electron chi connectivity index (χ1n) is 17.8. The molecule has 0 aliphatic heterocycles. The first-order chi connectivity index (χ1) is 22.2. The van der Waals surface area contributed by atoms with Crippen molar-refractivity contribution >= 4 is 23.8 Å². The Labute approximate surface area is 282 Å². The summed E-state index contributed by atoms with van der Waals surface area (Å²) in [7, 11) is 1.60. The molecule has 1 fully saturated rings. The van der Waals surface area contributed by atoms with E-state index < -0.39 is 41.8 Å². The van der Waals surface area contributed by atoms with Gasteiger partial charge in [-0.15, -0.1) is 0 Å². The first-order valence-corrected chi connectivity index (χ1v) is 17.8. The molecule has 0 radical (unpaired) electrons. The third-order valence-electron chi connectivity index (χ3n) is 8.77. The zero-order valence-corrected chi connectivity index (χ0v) is 29.9. The number of aliphatic hydroxyl groups is 1. The van der Waals surface area contributed by atoms with Gasteiger partial charge in [-0.25, -0.2) is 4.79 Å². The maximum Gasteiger partial charge on any atom is 0.408 e. The molecule has 1 aliphatic carbocycles. The fourth-order valence-electron chi connectivity index (χ4n) is 6.37. The Hall–Kier alpha value is -3.14. The predicted octanol–water partition coefficient (Wildman–Crippen LogP) is 5.41. The van der Waals surface area contributed by atoms with Crippen LogP contribution in [0.3, 0.4) is 0 Å². The average Bonchev–Trinajstić information content (AvgIpc) is 3.01. The van der Waals surface area contributed by atoms with Crippen molar-refractivity contribution in [2.45, 2.75) is 148 Å². The summed E-state index contributed by atoms with van der Waals surface area (Å²) in [5.74, 6) is -0.726. The van der Waals surface area contributed by atoms with E-state index in [1.165, 1.54) is 6.42 Å². The van der Waals surface area contributed by atoms with Crippen molar-refractivity contribution in [2.24, 2.45) is 17.8 Å². The Morgan fingerprint density at radius 1 is 0.894 bits per heavy atom. The van der Waals surface area contributed by atoms with Crippen molar-refractivity contribution < 1.29 is 29.0 Å². The Morgan fingerprint density at radius 3 is 2.11 bits per heavy atom. The van der Waals surface area contributed by atoms with Crippen LogP contribution < -0.4 is 21.3 Å². The van der Waals surface area contributed by atoms with Gasteiger partial charge in [0.25, 0.3) is 0 Å². The Morgan fingerprint density at radius 2 is 1.53 bits per heavy atom. The minimum absolute atomic E-state index is 0.115. The topological polar surface area (TPSA) is 146 Å². The number of carbonyl (C=O) groups is 4. The zero-order chi connectivity index (χ0) is 35.0. The highest BCUT2D eigenvalue weighted by atomic mass is 16.6. The second-order valence-electron chi connectivity index (χ2n) is 14.7. The summed E-state index contributed by atoms with van der Waals surface area (Å²) in [6.45, 7) is 11.4. The molecule has 5 N–H and O–H groups in total. The van der Waals surface area contributed by atoms with Crippen molar-refractivity contribution in [1.29, 1.82) is 0 Å². The predicted molar refractivity (Wildman–Crippen MR) is 186 cm³/mol. The molecule has 1 aromatic carbocycles. The number of rotatable bonds is 18. The average molecular weight is 659 g/mol. The smallest absolute Gasteiger partial charge is 0.408 e. The monoisotopic (exact) mass is 658 g/mol. The van der Waals surface area contributed by atoms with Gasteiger partial charge < -0.3 is 31.1 Å². The summed E-state index contributed by atoms with van der Waals surface area (Å²) in [5, 5.41) is 23.0. The number of nitrogens with one attached hydrogen (secondary N) is 4. The quantitative estimate of drug-likeness (QED) is 0.143. The molecular formula is C37H62N4O6. The third-order valence-corrected chi connectivity index (χ3v) is 8.77. The standard InChI is InChI=1S/C37H62N4O6/c1-8-9-20-29(39-35(45)31(23-27-18-14-11-15-19-27)41-36(46)47-37(4,5)6)34(44)40-30(22-26-16-12-10-13-17-26)32(42)24-28(21-25(2)3)33(43)38-7/h11,14-15,18-19,25-26,28-32,42H,8-10,12-13,16-17,20-24H2,1-7H3,(H,38,43)(H,39,45)(H,40,44)(H,41,46)/t28-,29+,30+,31+,32+/m1/s1. The lowest BCUT2D eigenvalue weighted by Crippen LogP contribution is -2.57. The molecule has 0 saturated heterocycles. The Balaban J connectivity index is 2.29. The van der Waals surface area contributed by atoms with E-state index >= 15 is 0 Å². The molecule has 266 valence electrons. The number of ether oxygens (including phenoxy) is 1. The number of unbranched alkanes of at least 4 members (excludes halogenated alkanes) is 1. The highest BCUT2D eigenvalue weighted by Gasteiger charge is 2.34. The maximum atomic E-state index is 14.0. The van der Waals surface area contributed by atoms with E-state index in [-0.39, 0.29) is 36.5 Å². The van der Waals surface area contributed by atoms with Crippen LogP contribution in [0.2, 0.25) is 0 Å². The van der Waals surface area contributed by atoms with Gasteiger partial charge in [0.2, 0.25) is 17.7 Å². The normalized spacial score (nSPS) is 17.1. The largest absolute Gasteiger partial charge is 0.444 e. The molecule has 4 amide bonds. The van der Waals surface area contributed by atoms with Crippen molar-refractivity contribution in [3.63, 3.8) is 0 Å². The van der Waals surface area contributed by atoms with Gasteiger partial charge in [0.15, 0.2) is 0 Å². The minimum atomic E-state index is -0.975. The zero-order valence-electron chi connectivity index (χ0n) is 29.9. The van der Waals surface area contributed by atoms with E-state index in [0.29, 0.717) is 31.6 Å². The SMILES string of the molecule is CCCC[C@H](NC(=O)[C@H](Cc1ccccc1)NC(=O)OC(C)(C)C)C(=O)N[C@@H](CC1CCCCC1)[C@@H](O)C[C@@H](CC(C)C)C(=O)NC. The molecule has 10 heteroatoms. The van der Waals surface area contributed by atoms with Crippen LogP contribution in [0.1, 0.15) is 118 Å². The second-order valence-corrected chi connectivity index (χ2v) is 14.7. The van der Waals surface area contributed by atoms with E-state index in [4.69, 9.17) is 4.74 Å². The highest BCUT2D eigenvalue weighted by Crippen LogP contribution is 2.29. The van der Waals surface area contributed by atoms with Gasteiger partial charge in [0.1, 0.15) is 17.7 Å². The van der Waals surface area contributed by atoms with E-state index in [1.54, 1.807) is 27.8 Å². The molecule has 0 unspecified atom stereocenters. The summed E-state index contributed by atoms with van der Waals surface area (Å²) in [5.41, 5.74) is 0.0997. The third kappa shape index (κ3) is 15.5. The molecule has 0 aromatic heterocycles. The van der Waals surface area contributed by atoms with E-state index in [1.807, 2.05) is 51.1 Å². The van der Waals surface area contributed by atoms with Gasteiger partial charge in [0.05, 0.1) is 12.1 Å². The molecule has 1 saturated carbocycles. The van der Waals surface area contributed by atoms with Crippen molar-refractivity contribution in [3.8, 4) is 0 Å². The lowest BCUT2D eigenvalue weighted by Gasteiger charge is -2.33. The molecular weight excluding hydrogens is 596 g/mol. The molecule has 0 heterocycles. The summed E-state index contributed by atoms with van der Waals surface area (Å²) in [4.78, 5) is 53.2. The number of benzene rings is 1. The first kappa shape index (κ1) is 40.0. The van der Waals surface area contributed by atoms with Gasteiger partial charge in [-0.05, 0) is 63.9 Å². The summed E-state index contributed by atoms with van der Waals surface area (Å²) < 4.78 is 5.44. The Bertz CT molecular complexity index is 1100. The van der Waals surface area contributed by atoms with E-state index in [2.05, 4.69) is 21.3 Å². The van der Waals surface area contributed by atoms with Gasteiger partial charge in [-0.3, -0.25) is 14.4 Å². The van der Waals surface area contributed by atoms with Crippen LogP contribution >= 0.6 is 0 Å². The fourth-order valence-corrected chi connectivity index (χ4v) is 6.37. The lowest BCUT2D eigenvalue weighted by molar-refractivity contribution is -0.131. The van der Waals surface area contributed by atoms with Crippen molar-refractivity contribution in [3.05, 3.63) is 35.9 Å². The molecule has 47 heavy (non-hydrogen) atoms. The number of alkyl carbamates (subject to hydrolysis) is 1. The number of aliphatic hydroxyl groups excluding tert-OH is 1. The molecule has 2 rings (SSSR count). The van der Waals surface area contributed by atoms with Gasteiger partial charge in [-0.1, -0.05) is 96.0 Å². The number of hydrogen-bond donors (Lipinski definition) is 5. The van der Waals surface area contributed by atoms with E-state index in [9.17, 15) is 24.3 Å². The molecule has 0 spiro atoms. The van der Waals surface area contributed by atoms with Gasteiger partial charge >= 0.3 is 6.09 Å². The molecule has 0 bridgehead atoms. The van der Waals surface area contributed by atoms with Crippen LogP contribution in [0, 0.1) is 17.8 Å². The number of amides is 4. The molecule has 10 nitrogen and oxygen atoms in total. The minimum Gasteiger partial charge on any atom is -0.444 e. The van der Waals surface area contributed by atoms with Crippen LogP contribution in [-0.2, 0) is 25.5 Å². The molecule has 1 aliphatic rings. The molecule has 5 atom stereocenters. The maximum absolute atomic E-state index is 14.0. The van der Waals surface area contributed by atoms with Crippen LogP contribution in [0.5, 0.6) is 0 Å². The van der Waals surface area contributed by atoms with Crippen LogP contribution in [0.4, 0.5) is 4.79 Å². The Kier molecular flexibility index (Phi) is 17.3. The van der Waals surface area contributed by atoms with Crippen molar-refractivity contribution in [1.82, 2.24) is 21.3 Å². The number of hydrogen-bond acceptors (Lipinski definition) is 6. The highest BCUT2D eigenvalue weighted by molar-refractivity contribution is 5.91.